The highest BCUT2D eigenvalue weighted by atomic mass is 16.4. The Morgan fingerprint density at radius 1 is 1.44 bits per heavy atom. The van der Waals surface area contributed by atoms with Gasteiger partial charge in [-0.15, -0.1) is 0 Å². The minimum absolute atomic E-state index is 0.154. The molecule has 92 valence electrons. The number of hydrogen-bond donors (Lipinski definition) is 4. The summed E-state index contributed by atoms with van der Waals surface area (Å²) >= 11 is 0. The molecule has 2 aromatic rings. The highest BCUT2D eigenvalue weighted by Crippen LogP contribution is 2.14. The fourth-order valence-corrected chi connectivity index (χ4v) is 1.44. The molecule has 0 amide bonds. The quantitative estimate of drug-likeness (QED) is 0.579. The van der Waals surface area contributed by atoms with Gasteiger partial charge in [0.15, 0.2) is 5.82 Å². The molecule has 0 radical (unpaired) electrons. The van der Waals surface area contributed by atoms with Crippen molar-refractivity contribution in [2.75, 3.05) is 11.9 Å². The smallest absolute Gasteiger partial charge is 0.322 e. The third-order valence-corrected chi connectivity index (χ3v) is 2.22. The summed E-state index contributed by atoms with van der Waals surface area (Å²) in [5.41, 5.74) is 0.648. The fraction of sp³-hybridized carbons (Fsp3) is 0.0909. The molecule has 0 saturated heterocycles. The van der Waals surface area contributed by atoms with Crippen molar-refractivity contribution in [3.8, 4) is 0 Å². The van der Waals surface area contributed by atoms with E-state index in [0.717, 1.165) is 0 Å². The number of imidazole rings is 1. The van der Waals surface area contributed by atoms with Crippen LogP contribution in [0.25, 0.3) is 0 Å². The van der Waals surface area contributed by atoms with E-state index in [1.165, 1.54) is 6.20 Å². The van der Waals surface area contributed by atoms with Crippen LogP contribution < -0.4 is 5.32 Å². The molecule has 2 rings (SSSR count). The number of aromatic amines is 1. The Kier molecular flexibility index (Phi) is 3.33. The molecule has 18 heavy (non-hydrogen) atoms. The van der Waals surface area contributed by atoms with Gasteiger partial charge in [-0.3, -0.25) is 10.2 Å². The highest BCUT2D eigenvalue weighted by Gasteiger charge is 2.12. The van der Waals surface area contributed by atoms with Gasteiger partial charge in [0.2, 0.25) is 0 Å². The maximum Gasteiger partial charge on any atom is 0.322 e. The van der Waals surface area contributed by atoms with Crippen LogP contribution in [0.15, 0.2) is 30.7 Å². The number of nitrogens with zero attached hydrogens (tertiary/aromatic N) is 2. The Hall–Kier alpha value is -2.70. The van der Waals surface area contributed by atoms with Crippen LogP contribution in [0, 0.1) is 5.41 Å². The average molecular weight is 245 g/mol. The number of pyridine rings is 1. The fourth-order valence-electron chi connectivity index (χ4n) is 1.44. The van der Waals surface area contributed by atoms with E-state index in [1.54, 1.807) is 24.5 Å². The van der Waals surface area contributed by atoms with Crippen molar-refractivity contribution in [3.63, 3.8) is 0 Å². The number of anilines is 1. The lowest BCUT2D eigenvalue weighted by Gasteiger charge is -2.08. The summed E-state index contributed by atoms with van der Waals surface area (Å²) < 4.78 is 0. The molecule has 0 bridgehead atoms. The molecule has 2 aromatic heterocycles. The van der Waals surface area contributed by atoms with E-state index in [-0.39, 0.29) is 12.3 Å². The first-order valence-electron chi connectivity index (χ1n) is 5.18. The van der Waals surface area contributed by atoms with Crippen molar-refractivity contribution in [2.24, 2.45) is 0 Å². The number of carbonyl (C=O) groups is 1. The third-order valence-electron chi connectivity index (χ3n) is 2.22. The van der Waals surface area contributed by atoms with Gasteiger partial charge < -0.3 is 15.4 Å². The predicted octanol–water partition coefficient (Wildman–Crippen LogP) is 0.717. The SMILES string of the molecule is N=C(c1ncc[nH]1)c1cccnc1NCC(=O)O. The Balaban J connectivity index is 2.27. The van der Waals surface area contributed by atoms with E-state index < -0.39 is 5.97 Å². The standard InChI is InChI=1S/C11H11N5O2/c12-9(11-14-4-5-15-11)7-2-1-3-13-10(7)16-6-8(17)18/h1-5,12H,6H2,(H,13,16)(H,14,15)(H,17,18). The molecule has 0 saturated carbocycles. The van der Waals surface area contributed by atoms with Crippen molar-refractivity contribution < 1.29 is 9.90 Å². The van der Waals surface area contributed by atoms with Crippen LogP contribution in [0.3, 0.4) is 0 Å². The molecule has 0 spiro atoms. The summed E-state index contributed by atoms with van der Waals surface area (Å²) in [6.07, 6.45) is 4.69. The average Bonchev–Trinajstić information content (AvgIpc) is 2.89. The molecule has 0 unspecified atom stereocenters. The molecule has 0 aliphatic carbocycles. The van der Waals surface area contributed by atoms with Crippen LogP contribution >= 0.6 is 0 Å². The van der Waals surface area contributed by atoms with E-state index in [9.17, 15) is 4.79 Å². The molecule has 4 N–H and O–H groups in total. The number of rotatable bonds is 5. The minimum Gasteiger partial charge on any atom is -0.480 e. The van der Waals surface area contributed by atoms with E-state index in [4.69, 9.17) is 10.5 Å². The monoisotopic (exact) mass is 245 g/mol. The number of H-pyrrole nitrogens is 1. The number of carboxylic acid groups (broad SMARTS) is 1. The molecule has 0 atom stereocenters. The Bertz CT molecular complexity index is 565. The van der Waals surface area contributed by atoms with Crippen molar-refractivity contribution in [1.29, 1.82) is 5.41 Å². The maximum absolute atomic E-state index is 10.5. The summed E-state index contributed by atoms with van der Waals surface area (Å²) in [5.74, 6) is -0.237. The number of carboxylic acids is 1. The van der Waals surface area contributed by atoms with Gasteiger partial charge in [-0.05, 0) is 12.1 Å². The number of aromatic nitrogens is 3. The summed E-state index contributed by atoms with van der Waals surface area (Å²) in [4.78, 5) is 21.3. The second-order valence-corrected chi connectivity index (χ2v) is 3.46. The topological polar surface area (TPSA) is 115 Å². The molecule has 0 aliphatic heterocycles. The molecular weight excluding hydrogens is 234 g/mol. The summed E-state index contributed by atoms with van der Waals surface area (Å²) in [5, 5.41) is 19.3. The van der Waals surface area contributed by atoms with E-state index in [0.29, 0.717) is 17.2 Å². The van der Waals surface area contributed by atoms with Gasteiger partial charge in [0.05, 0.1) is 0 Å². The Morgan fingerprint density at radius 3 is 2.94 bits per heavy atom. The van der Waals surface area contributed by atoms with Gasteiger partial charge in [-0.2, -0.15) is 0 Å². The number of nitrogens with one attached hydrogen (secondary N) is 3. The summed E-state index contributed by atoms with van der Waals surface area (Å²) in [7, 11) is 0. The van der Waals surface area contributed by atoms with E-state index >= 15 is 0 Å². The normalized spacial score (nSPS) is 10.0. The van der Waals surface area contributed by atoms with E-state index in [1.807, 2.05) is 0 Å². The summed E-state index contributed by atoms with van der Waals surface area (Å²) in [6.45, 7) is -0.255. The predicted molar refractivity (Wildman–Crippen MR) is 64.9 cm³/mol. The van der Waals surface area contributed by atoms with Gasteiger partial charge in [-0.1, -0.05) is 0 Å². The second kappa shape index (κ2) is 5.09. The third kappa shape index (κ3) is 2.51. The minimum atomic E-state index is -0.990. The molecule has 2 heterocycles. The summed E-state index contributed by atoms with van der Waals surface area (Å²) in [6, 6.07) is 3.36. The van der Waals surface area contributed by atoms with Crippen molar-refractivity contribution >= 4 is 17.5 Å². The largest absolute Gasteiger partial charge is 0.480 e. The van der Waals surface area contributed by atoms with Gasteiger partial charge in [0.25, 0.3) is 0 Å². The zero-order chi connectivity index (χ0) is 13.0. The van der Waals surface area contributed by atoms with Crippen LogP contribution in [0.2, 0.25) is 0 Å². The van der Waals surface area contributed by atoms with Crippen LogP contribution in [0.5, 0.6) is 0 Å². The number of aliphatic carboxylic acids is 1. The van der Waals surface area contributed by atoms with Gasteiger partial charge in [0.1, 0.15) is 18.1 Å². The Labute approximate surface area is 102 Å². The lowest BCUT2D eigenvalue weighted by atomic mass is 10.1. The molecule has 0 aliphatic rings. The van der Waals surface area contributed by atoms with Crippen molar-refractivity contribution in [2.45, 2.75) is 0 Å². The lowest BCUT2D eigenvalue weighted by Crippen LogP contribution is -2.16. The van der Waals surface area contributed by atoms with Crippen LogP contribution in [-0.2, 0) is 4.79 Å². The van der Waals surface area contributed by atoms with Crippen molar-refractivity contribution in [1.82, 2.24) is 15.0 Å². The lowest BCUT2D eigenvalue weighted by molar-refractivity contribution is -0.134. The molecule has 0 aromatic carbocycles. The zero-order valence-corrected chi connectivity index (χ0v) is 9.34. The van der Waals surface area contributed by atoms with Crippen LogP contribution in [-0.4, -0.2) is 38.3 Å². The van der Waals surface area contributed by atoms with E-state index in [2.05, 4.69) is 20.3 Å². The van der Waals surface area contributed by atoms with Gasteiger partial charge in [-0.25, -0.2) is 9.97 Å². The van der Waals surface area contributed by atoms with Crippen molar-refractivity contribution in [3.05, 3.63) is 42.1 Å². The molecular formula is C11H11N5O2. The van der Waals surface area contributed by atoms with Crippen LogP contribution in [0.1, 0.15) is 11.4 Å². The maximum atomic E-state index is 10.5. The molecule has 0 fully saturated rings. The van der Waals surface area contributed by atoms with Crippen LogP contribution in [0.4, 0.5) is 5.82 Å². The van der Waals surface area contributed by atoms with Gasteiger partial charge >= 0.3 is 5.97 Å². The zero-order valence-electron chi connectivity index (χ0n) is 9.34. The molecule has 7 heteroatoms. The second-order valence-electron chi connectivity index (χ2n) is 3.46. The first kappa shape index (κ1) is 11.8. The number of hydrogen-bond acceptors (Lipinski definition) is 5. The van der Waals surface area contributed by atoms with Gasteiger partial charge in [0, 0.05) is 24.2 Å². The highest BCUT2D eigenvalue weighted by molar-refractivity contribution is 6.11. The molecule has 7 nitrogen and oxygen atoms in total. The first-order chi connectivity index (χ1) is 8.68. The Morgan fingerprint density at radius 2 is 2.28 bits per heavy atom. The first-order valence-corrected chi connectivity index (χ1v) is 5.18.